The fourth-order valence-electron chi connectivity index (χ4n) is 3.12. The van der Waals surface area contributed by atoms with Gasteiger partial charge in [-0.15, -0.1) is 5.10 Å². The summed E-state index contributed by atoms with van der Waals surface area (Å²) in [5.74, 6) is 0.653. The Bertz CT molecular complexity index is 853. The highest BCUT2D eigenvalue weighted by Gasteiger charge is 2.29. The van der Waals surface area contributed by atoms with Gasteiger partial charge in [-0.05, 0) is 24.5 Å². The van der Waals surface area contributed by atoms with Gasteiger partial charge in [-0.3, -0.25) is 4.90 Å². The number of aliphatic hydroxyl groups is 2. The number of aliphatic hydroxyl groups excluding tert-OH is 2. The number of thiazole rings is 1. The molecule has 0 fully saturated rings. The number of nitrogens with zero attached hydrogens (tertiary/aromatic N) is 4. The van der Waals surface area contributed by atoms with Gasteiger partial charge in [0.15, 0.2) is 0 Å². The summed E-state index contributed by atoms with van der Waals surface area (Å²) in [6, 6.07) is 7.90. The maximum absolute atomic E-state index is 10.7. The van der Waals surface area contributed by atoms with Crippen molar-refractivity contribution in [2.75, 3.05) is 26.3 Å². The van der Waals surface area contributed by atoms with Gasteiger partial charge in [0.25, 0.3) is 0 Å². The molecule has 1 unspecified atom stereocenters. The predicted octanol–water partition coefficient (Wildman–Crippen LogP) is 1.74. The number of aromatic nitrogens is 3. The van der Waals surface area contributed by atoms with Gasteiger partial charge in [0.1, 0.15) is 5.82 Å². The Kier molecular flexibility index (Phi) is 5.87. The quantitative estimate of drug-likeness (QED) is 0.554. The Morgan fingerprint density at radius 3 is 2.35 bits per heavy atom. The van der Waals surface area contributed by atoms with E-state index in [4.69, 9.17) is 0 Å². The van der Waals surface area contributed by atoms with Gasteiger partial charge in [-0.25, -0.2) is 4.98 Å². The first-order valence-corrected chi connectivity index (χ1v) is 9.50. The van der Waals surface area contributed by atoms with E-state index < -0.39 is 0 Å². The molecule has 3 aromatic rings. The minimum atomic E-state index is -0.297. The lowest BCUT2D eigenvalue weighted by atomic mass is 10.0. The Balaban J connectivity index is 2.10. The summed E-state index contributed by atoms with van der Waals surface area (Å²) in [6.07, 6.45) is 0.948. The molecule has 0 spiro atoms. The highest BCUT2D eigenvalue weighted by atomic mass is 32.1. The molecule has 140 valence electrons. The molecule has 0 amide bonds. The number of aryl methyl sites for hydroxylation is 2. The van der Waals surface area contributed by atoms with Gasteiger partial charge < -0.3 is 15.3 Å². The fourth-order valence-corrected chi connectivity index (χ4v) is 4.28. The second-order valence-corrected chi connectivity index (χ2v) is 7.13. The van der Waals surface area contributed by atoms with E-state index in [1.165, 1.54) is 21.4 Å². The fraction of sp³-hybridized carbons (Fsp3) is 0.444. The van der Waals surface area contributed by atoms with Gasteiger partial charge in [-0.2, -0.15) is 4.52 Å². The van der Waals surface area contributed by atoms with Crippen molar-refractivity contribution in [1.82, 2.24) is 19.5 Å². The maximum Gasteiger partial charge on any atom is 0.230 e. The van der Waals surface area contributed by atoms with E-state index in [1.54, 1.807) is 6.92 Å². The van der Waals surface area contributed by atoms with Gasteiger partial charge in [0.2, 0.25) is 10.8 Å². The molecule has 0 aliphatic rings. The van der Waals surface area contributed by atoms with Crippen LogP contribution in [0.5, 0.6) is 5.88 Å². The van der Waals surface area contributed by atoms with Crippen molar-refractivity contribution in [2.24, 2.45) is 0 Å². The third kappa shape index (κ3) is 3.59. The Morgan fingerprint density at radius 1 is 1.15 bits per heavy atom. The summed E-state index contributed by atoms with van der Waals surface area (Å²) in [6.45, 7) is 4.57. The predicted molar refractivity (Wildman–Crippen MR) is 101 cm³/mol. The zero-order chi connectivity index (χ0) is 18.7. The van der Waals surface area contributed by atoms with E-state index in [1.807, 2.05) is 17.0 Å². The third-order valence-corrected chi connectivity index (χ3v) is 5.47. The number of fused-ring (bicyclic) bond motifs is 1. The maximum atomic E-state index is 10.7. The lowest BCUT2D eigenvalue weighted by Gasteiger charge is -2.30. The number of rotatable bonds is 8. The SMILES string of the molecule is CCc1ccc(C(c2sc3nc(C)nn3c2O)N(CCO)CCO)cc1. The highest BCUT2D eigenvalue weighted by Crippen LogP contribution is 2.39. The van der Waals surface area contributed by atoms with Gasteiger partial charge in [0, 0.05) is 13.1 Å². The molecular formula is C18H24N4O3S. The molecule has 0 aliphatic heterocycles. The van der Waals surface area contributed by atoms with Gasteiger partial charge in [0.05, 0.1) is 24.1 Å². The average Bonchev–Trinajstić information content (AvgIpc) is 3.14. The van der Waals surface area contributed by atoms with E-state index in [-0.39, 0.29) is 25.1 Å². The van der Waals surface area contributed by atoms with Crippen molar-refractivity contribution in [3.63, 3.8) is 0 Å². The molecule has 3 rings (SSSR count). The molecule has 0 saturated carbocycles. The van der Waals surface area contributed by atoms with Crippen molar-refractivity contribution in [3.05, 3.63) is 46.1 Å². The minimum absolute atomic E-state index is 0.0375. The summed E-state index contributed by atoms with van der Waals surface area (Å²) in [4.78, 5) is 7.62. The molecule has 0 saturated heterocycles. The van der Waals surface area contributed by atoms with Crippen LogP contribution >= 0.6 is 11.3 Å². The van der Waals surface area contributed by atoms with E-state index in [0.29, 0.717) is 28.8 Å². The lowest BCUT2D eigenvalue weighted by Crippen LogP contribution is -2.34. The van der Waals surface area contributed by atoms with Crippen LogP contribution in [0.3, 0.4) is 0 Å². The van der Waals surface area contributed by atoms with Crippen LogP contribution in [0.4, 0.5) is 0 Å². The Hall–Kier alpha value is -2.00. The van der Waals surface area contributed by atoms with Crippen molar-refractivity contribution >= 4 is 16.3 Å². The van der Waals surface area contributed by atoms with Crippen molar-refractivity contribution in [1.29, 1.82) is 0 Å². The number of benzene rings is 1. The van der Waals surface area contributed by atoms with Crippen LogP contribution in [-0.4, -0.2) is 61.1 Å². The van der Waals surface area contributed by atoms with Crippen molar-refractivity contribution in [2.45, 2.75) is 26.3 Å². The van der Waals surface area contributed by atoms with E-state index in [0.717, 1.165) is 12.0 Å². The zero-order valence-electron chi connectivity index (χ0n) is 15.0. The topological polar surface area (TPSA) is 94.1 Å². The molecule has 8 heteroatoms. The molecule has 2 aromatic heterocycles. The Morgan fingerprint density at radius 2 is 1.81 bits per heavy atom. The average molecular weight is 376 g/mol. The Labute approximate surface area is 156 Å². The summed E-state index contributed by atoms with van der Waals surface area (Å²) >= 11 is 1.37. The third-order valence-electron chi connectivity index (χ3n) is 4.40. The summed E-state index contributed by atoms with van der Waals surface area (Å²) in [5.41, 5.74) is 2.21. The van der Waals surface area contributed by atoms with Crippen molar-refractivity contribution in [3.8, 4) is 5.88 Å². The van der Waals surface area contributed by atoms with Crippen LogP contribution in [0, 0.1) is 6.92 Å². The monoisotopic (exact) mass is 376 g/mol. The summed E-state index contributed by atoms with van der Waals surface area (Å²) in [5, 5.41) is 33.9. The smallest absolute Gasteiger partial charge is 0.230 e. The minimum Gasteiger partial charge on any atom is -0.492 e. The first-order valence-electron chi connectivity index (χ1n) is 8.68. The van der Waals surface area contributed by atoms with Crippen LogP contribution in [0.1, 0.15) is 34.8 Å². The summed E-state index contributed by atoms with van der Waals surface area (Å²) < 4.78 is 1.44. The van der Waals surface area contributed by atoms with Crippen molar-refractivity contribution < 1.29 is 15.3 Å². The molecule has 0 aliphatic carbocycles. The molecule has 1 atom stereocenters. The van der Waals surface area contributed by atoms with Gasteiger partial charge in [-0.1, -0.05) is 42.5 Å². The van der Waals surface area contributed by atoms with Crippen LogP contribution < -0.4 is 0 Å². The molecule has 2 heterocycles. The molecule has 0 bridgehead atoms. The van der Waals surface area contributed by atoms with Gasteiger partial charge >= 0.3 is 0 Å². The lowest BCUT2D eigenvalue weighted by molar-refractivity contribution is 0.136. The number of hydrogen-bond acceptors (Lipinski definition) is 7. The molecular weight excluding hydrogens is 352 g/mol. The molecule has 3 N–H and O–H groups in total. The normalized spacial score (nSPS) is 13.0. The van der Waals surface area contributed by atoms with E-state index in [2.05, 4.69) is 29.1 Å². The van der Waals surface area contributed by atoms with E-state index >= 15 is 0 Å². The number of aromatic hydroxyl groups is 1. The number of hydrogen-bond donors (Lipinski definition) is 3. The van der Waals surface area contributed by atoms with E-state index in [9.17, 15) is 15.3 Å². The highest BCUT2D eigenvalue weighted by molar-refractivity contribution is 7.17. The first-order chi connectivity index (χ1) is 12.6. The van der Waals surface area contributed by atoms with Crippen LogP contribution in [-0.2, 0) is 6.42 Å². The molecule has 26 heavy (non-hydrogen) atoms. The zero-order valence-corrected chi connectivity index (χ0v) is 15.8. The second kappa shape index (κ2) is 8.13. The second-order valence-electron chi connectivity index (χ2n) is 6.12. The molecule has 1 aromatic carbocycles. The summed E-state index contributed by atoms with van der Waals surface area (Å²) in [7, 11) is 0. The van der Waals surface area contributed by atoms with Crippen LogP contribution in [0.15, 0.2) is 24.3 Å². The molecule has 0 radical (unpaired) electrons. The largest absolute Gasteiger partial charge is 0.492 e. The van der Waals surface area contributed by atoms with Crippen LogP contribution in [0.2, 0.25) is 0 Å². The molecule has 7 nitrogen and oxygen atoms in total. The first kappa shape index (κ1) is 18.8. The standard InChI is InChI=1S/C18H24N4O3S/c1-3-13-4-6-14(7-5-13)15(21(8-10-23)9-11-24)16-17(25)22-18(26-16)19-12(2)20-22/h4-7,15,23-25H,3,8-11H2,1-2H3. The van der Waals surface area contributed by atoms with Crippen LogP contribution in [0.25, 0.3) is 4.96 Å².